The second-order valence-corrected chi connectivity index (χ2v) is 1.68. The van der Waals surface area contributed by atoms with Gasteiger partial charge in [-0.25, -0.2) is 4.39 Å². The van der Waals surface area contributed by atoms with Crippen molar-refractivity contribution < 1.29 is 9.18 Å². The summed E-state index contributed by atoms with van der Waals surface area (Å²) in [5.74, 6) is -1.84. The number of allylic oxidation sites excluding steroid dienone is 1. The number of carbonyl (C=O) groups is 1. The molecule has 0 aliphatic rings. The van der Waals surface area contributed by atoms with Crippen molar-refractivity contribution in [3.05, 3.63) is 11.4 Å². The molecule has 2 N–H and O–H groups in total. The molecule has 3 heteroatoms. The highest BCUT2D eigenvalue weighted by molar-refractivity contribution is 5.90. The third kappa shape index (κ3) is 1.73. The van der Waals surface area contributed by atoms with Gasteiger partial charge in [-0.2, -0.15) is 0 Å². The smallest absolute Gasteiger partial charge is 0.277 e. The molecule has 46 valence electrons. The van der Waals surface area contributed by atoms with Crippen LogP contribution in [0.25, 0.3) is 0 Å². The Morgan fingerprint density at radius 3 is 1.88 bits per heavy atom. The second kappa shape index (κ2) is 2.45. The molecule has 0 aliphatic heterocycles. The number of hydrogen-bond acceptors (Lipinski definition) is 1. The number of halogens is 1. The summed E-state index contributed by atoms with van der Waals surface area (Å²) < 4.78 is 12.1. The van der Waals surface area contributed by atoms with Crippen LogP contribution in [0, 0.1) is 0 Å². The largest absolute Gasteiger partial charge is 0.364 e. The fraction of sp³-hybridized carbons (Fsp3) is 0.400. The van der Waals surface area contributed by atoms with E-state index in [1.165, 1.54) is 13.8 Å². The third-order valence-corrected chi connectivity index (χ3v) is 0.655. The first kappa shape index (κ1) is 7.14. The van der Waals surface area contributed by atoms with Crippen LogP contribution in [-0.4, -0.2) is 5.91 Å². The lowest BCUT2D eigenvalue weighted by Gasteiger charge is -1.89. The van der Waals surface area contributed by atoms with Crippen LogP contribution < -0.4 is 5.73 Å². The molecule has 0 unspecified atom stereocenters. The van der Waals surface area contributed by atoms with E-state index in [-0.39, 0.29) is 0 Å². The molecular formula is C5H8FNO. The lowest BCUT2D eigenvalue weighted by Crippen LogP contribution is -2.11. The molecule has 0 rings (SSSR count). The van der Waals surface area contributed by atoms with Crippen molar-refractivity contribution >= 4 is 5.91 Å². The third-order valence-electron chi connectivity index (χ3n) is 0.655. The van der Waals surface area contributed by atoms with Crippen LogP contribution in [0.4, 0.5) is 4.39 Å². The molecule has 0 aromatic heterocycles. The van der Waals surface area contributed by atoms with Crippen molar-refractivity contribution in [3.8, 4) is 0 Å². The van der Waals surface area contributed by atoms with Crippen LogP contribution in [0.2, 0.25) is 0 Å². The summed E-state index contributed by atoms with van der Waals surface area (Å²) in [6, 6.07) is 0. The van der Waals surface area contributed by atoms with Crippen LogP contribution in [0.5, 0.6) is 0 Å². The van der Waals surface area contributed by atoms with E-state index in [0.717, 1.165) is 0 Å². The molecule has 0 saturated carbocycles. The van der Waals surface area contributed by atoms with E-state index in [2.05, 4.69) is 5.73 Å². The molecule has 0 aromatic rings. The van der Waals surface area contributed by atoms with Gasteiger partial charge in [0.05, 0.1) is 0 Å². The fourth-order valence-corrected chi connectivity index (χ4v) is 0.246. The van der Waals surface area contributed by atoms with Crippen LogP contribution in [-0.2, 0) is 4.79 Å². The first-order valence-corrected chi connectivity index (χ1v) is 2.18. The summed E-state index contributed by atoms with van der Waals surface area (Å²) in [6.45, 7) is 2.97. The number of rotatable bonds is 1. The summed E-state index contributed by atoms with van der Waals surface area (Å²) in [7, 11) is 0. The predicted octanol–water partition coefficient (Wildman–Crippen LogP) is 0.735. The topological polar surface area (TPSA) is 43.1 Å². The van der Waals surface area contributed by atoms with Gasteiger partial charge in [0.15, 0.2) is 5.83 Å². The molecule has 0 fully saturated rings. The molecule has 0 spiro atoms. The second-order valence-electron chi connectivity index (χ2n) is 1.68. The zero-order valence-corrected chi connectivity index (χ0v) is 4.86. The average Bonchev–Trinajstić information content (AvgIpc) is 1.64. The Morgan fingerprint density at radius 2 is 1.88 bits per heavy atom. The minimum Gasteiger partial charge on any atom is -0.364 e. The standard InChI is InChI=1S/C5H8FNO/c1-3(2)4(6)5(7)8/h1-2H3,(H2,7,8). The SMILES string of the molecule is CC(C)=C(F)C(N)=O. The lowest BCUT2D eigenvalue weighted by molar-refractivity contribution is -0.115. The molecule has 2 nitrogen and oxygen atoms in total. The Kier molecular flexibility index (Phi) is 2.19. The van der Waals surface area contributed by atoms with E-state index < -0.39 is 11.7 Å². The maximum atomic E-state index is 12.1. The Balaban J connectivity index is 4.23. The number of amides is 1. The van der Waals surface area contributed by atoms with E-state index in [9.17, 15) is 9.18 Å². The number of primary amides is 1. The monoisotopic (exact) mass is 117 g/mol. The Hall–Kier alpha value is -0.860. The number of nitrogens with two attached hydrogens (primary N) is 1. The van der Waals surface area contributed by atoms with Gasteiger partial charge in [0, 0.05) is 0 Å². The molecule has 0 heterocycles. The minimum atomic E-state index is -0.995. The average molecular weight is 117 g/mol. The van der Waals surface area contributed by atoms with Crippen LogP contribution in [0.3, 0.4) is 0 Å². The van der Waals surface area contributed by atoms with Gasteiger partial charge in [-0.1, -0.05) is 0 Å². The first-order valence-electron chi connectivity index (χ1n) is 2.18. The highest BCUT2D eigenvalue weighted by atomic mass is 19.1. The Labute approximate surface area is 47.2 Å². The van der Waals surface area contributed by atoms with E-state index in [4.69, 9.17) is 0 Å². The van der Waals surface area contributed by atoms with Crippen molar-refractivity contribution in [3.63, 3.8) is 0 Å². The normalized spacial score (nSPS) is 8.38. The maximum Gasteiger partial charge on any atom is 0.277 e. The zero-order valence-electron chi connectivity index (χ0n) is 4.86. The highest BCUT2D eigenvalue weighted by Crippen LogP contribution is 2.01. The van der Waals surface area contributed by atoms with Crippen molar-refractivity contribution in [1.82, 2.24) is 0 Å². The minimum absolute atomic E-state index is 0.317. The van der Waals surface area contributed by atoms with Crippen LogP contribution in [0.1, 0.15) is 13.8 Å². The number of carbonyl (C=O) groups excluding carboxylic acids is 1. The van der Waals surface area contributed by atoms with Gasteiger partial charge in [0.2, 0.25) is 0 Å². The maximum absolute atomic E-state index is 12.1. The van der Waals surface area contributed by atoms with E-state index in [1.54, 1.807) is 0 Å². The van der Waals surface area contributed by atoms with Crippen LogP contribution >= 0.6 is 0 Å². The molecule has 8 heavy (non-hydrogen) atoms. The number of hydrogen-bond donors (Lipinski definition) is 1. The van der Waals surface area contributed by atoms with Gasteiger partial charge >= 0.3 is 0 Å². The molecule has 0 atom stereocenters. The summed E-state index contributed by atoms with van der Waals surface area (Å²) in [5, 5.41) is 0. The molecule has 1 amide bonds. The summed E-state index contributed by atoms with van der Waals surface area (Å²) in [4.78, 5) is 9.93. The van der Waals surface area contributed by atoms with E-state index in [0.29, 0.717) is 5.57 Å². The molecular weight excluding hydrogens is 109 g/mol. The van der Waals surface area contributed by atoms with Gasteiger partial charge in [-0.15, -0.1) is 0 Å². The summed E-state index contributed by atoms with van der Waals surface area (Å²) in [6.07, 6.45) is 0. The van der Waals surface area contributed by atoms with E-state index >= 15 is 0 Å². The highest BCUT2D eigenvalue weighted by Gasteiger charge is 2.02. The molecule has 0 saturated heterocycles. The quantitative estimate of drug-likeness (QED) is 0.505. The predicted molar refractivity (Wildman–Crippen MR) is 28.7 cm³/mol. The van der Waals surface area contributed by atoms with E-state index in [1.807, 2.05) is 0 Å². The van der Waals surface area contributed by atoms with Crippen molar-refractivity contribution in [2.24, 2.45) is 5.73 Å². The Morgan fingerprint density at radius 1 is 1.50 bits per heavy atom. The van der Waals surface area contributed by atoms with Gasteiger partial charge in [0.1, 0.15) is 0 Å². The molecule has 0 aliphatic carbocycles. The summed E-state index contributed by atoms with van der Waals surface area (Å²) in [5.41, 5.74) is 4.88. The lowest BCUT2D eigenvalue weighted by atomic mass is 10.3. The fourth-order valence-electron chi connectivity index (χ4n) is 0.246. The van der Waals surface area contributed by atoms with Gasteiger partial charge < -0.3 is 5.73 Å². The molecule has 0 radical (unpaired) electrons. The van der Waals surface area contributed by atoms with Crippen molar-refractivity contribution in [1.29, 1.82) is 0 Å². The van der Waals surface area contributed by atoms with Crippen molar-refractivity contribution in [2.45, 2.75) is 13.8 Å². The molecule has 0 bridgehead atoms. The van der Waals surface area contributed by atoms with Gasteiger partial charge in [0.25, 0.3) is 5.91 Å². The van der Waals surface area contributed by atoms with Gasteiger partial charge in [-0.05, 0) is 19.4 Å². The van der Waals surface area contributed by atoms with Crippen molar-refractivity contribution in [2.75, 3.05) is 0 Å². The Bertz CT molecular complexity index is 135. The first-order chi connectivity index (χ1) is 3.55. The molecule has 0 aromatic carbocycles. The van der Waals surface area contributed by atoms with Crippen LogP contribution in [0.15, 0.2) is 11.4 Å². The van der Waals surface area contributed by atoms with Gasteiger partial charge in [-0.3, -0.25) is 4.79 Å². The zero-order chi connectivity index (χ0) is 6.73. The summed E-state index contributed by atoms with van der Waals surface area (Å²) >= 11 is 0.